The molecule has 0 heterocycles. The monoisotopic (exact) mass is 269 g/mol. The van der Waals surface area contributed by atoms with E-state index < -0.39 is 0 Å². The Morgan fingerprint density at radius 1 is 1.33 bits per heavy atom. The molecule has 1 aliphatic rings. The van der Waals surface area contributed by atoms with E-state index in [2.05, 4.69) is 19.2 Å². The van der Waals surface area contributed by atoms with Crippen LogP contribution in [0.1, 0.15) is 38.7 Å². The maximum Gasteiger partial charge on any atom is 0.123 e. The largest absolute Gasteiger partial charge is 0.310 e. The Bertz CT molecular complexity index is 407. The van der Waals surface area contributed by atoms with Gasteiger partial charge >= 0.3 is 0 Å². The van der Waals surface area contributed by atoms with Crippen LogP contribution in [0.4, 0.5) is 4.39 Å². The van der Waals surface area contributed by atoms with E-state index in [1.54, 1.807) is 6.07 Å². The number of nitrogens with one attached hydrogen (secondary N) is 1. The van der Waals surface area contributed by atoms with Gasteiger partial charge in [0.05, 0.1) is 0 Å². The predicted molar refractivity (Wildman–Crippen MR) is 74.2 cm³/mol. The molecule has 100 valence electrons. The van der Waals surface area contributed by atoms with Crippen LogP contribution in [0.15, 0.2) is 18.2 Å². The molecular weight excluding hydrogens is 249 g/mol. The zero-order valence-electron chi connectivity index (χ0n) is 11.0. The third kappa shape index (κ3) is 3.24. The molecule has 18 heavy (non-hydrogen) atoms. The van der Waals surface area contributed by atoms with Crippen LogP contribution in [0, 0.1) is 17.7 Å². The van der Waals surface area contributed by atoms with E-state index in [1.807, 2.05) is 0 Å². The van der Waals surface area contributed by atoms with Crippen LogP contribution in [0.5, 0.6) is 0 Å². The van der Waals surface area contributed by atoms with Gasteiger partial charge < -0.3 is 5.32 Å². The summed E-state index contributed by atoms with van der Waals surface area (Å²) in [4.78, 5) is 0. The van der Waals surface area contributed by atoms with Gasteiger partial charge in [-0.15, -0.1) is 0 Å². The second-order valence-corrected chi connectivity index (χ2v) is 5.90. The fourth-order valence-electron chi connectivity index (χ4n) is 2.79. The van der Waals surface area contributed by atoms with Gasteiger partial charge in [-0.05, 0) is 42.0 Å². The summed E-state index contributed by atoms with van der Waals surface area (Å²) in [7, 11) is 0. The van der Waals surface area contributed by atoms with Gasteiger partial charge in [0.25, 0.3) is 0 Å². The molecule has 1 N–H and O–H groups in total. The van der Waals surface area contributed by atoms with E-state index in [4.69, 9.17) is 11.6 Å². The summed E-state index contributed by atoms with van der Waals surface area (Å²) in [6, 6.07) is 5.07. The minimum Gasteiger partial charge on any atom is -0.310 e. The Morgan fingerprint density at radius 2 is 2.11 bits per heavy atom. The Balaban J connectivity index is 1.96. The molecule has 0 radical (unpaired) electrons. The van der Waals surface area contributed by atoms with E-state index in [-0.39, 0.29) is 5.82 Å². The lowest BCUT2D eigenvalue weighted by atomic mass is 9.78. The Hall–Kier alpha value is -0.600. The molecule has 1 aromatic carbocycles. The van der Waals surface area contributed by atoms with Crippen LogP contribution >= 0.6 is 11.6 Å². The molecule has 0 aromatic heterocycles. The van der Waals surface area contributed by atoms with E-state index >= 15 is 0 Å². The molecule has 2 rings (SSSR count). The van der Waals surface area contributed by atoms with Gasteiger partial charge in [-0.2, -0.15) is 0 Å². The minimum atomic E-state index is -0.221. The fraction of sp³-hybridized carbons (Fsp3) is 0.600. The van der Waals surface area contributed by atoms with E-state index in [1.165, 1.54) is 31.4 Å². The summed E-state index contributed by atoms with van der Waals surface area (Å²) < 4.78 is 13.2. The van der Waals surface area contributed by atoms with E-state index in [9.17, 15) is 4.39 Å². The first-order valence-electron chi connectivity index (χ1n) is 6.75. The lowest BCUT2D eigenvalue weighted by molar-refractivity contribution is 0.206. The van der Waals surface area contributed by atoms with Crippen molar-refractivity contribution in [1.82, 2.24) is 5.32 Å². The van der Waals surface area contributed by atoms with Gasteiger partial charge in [-0.25, -0.2) is 4.39 Å². The molecule has 1 saturated carbocycles. The normalized spacial score (nSPS) is 28.3. The molecule has 0 aliphatic heterocycles. The highest BCUT2D eigenvalue weighted by Crippen LogP contribution is 2.30. The highest BCUT2D eigenvalue weighted by molar-refractivity contribution is 6.31. The average molecular weight is 270 g/mol. The third-order valence-electron chi connectivity index (χ3n) is 4.27. The van der Waals surface area contributed by atoms with Gasteiger partial charge in [0.1, 0.15) is 5.82 Å². The zero-order valence-corrected chi connectivity index (χ0v) is 11.8. The standard InChI is InChI=1S/C15H21ClFN/c1-10-4-3-5-15(11(10)2)18-9-12-8-13(17)6-7-14(12)16/h6-8,10-11,15,18H,3-5,9H2,1-2H3. The van der Waals surface area contributed by atoms with Gasteiger partial charge in [0, 0.05) is 17.6 Å². The van der Waals surface area contributed by atoms with E-state index in [0.29, 0.717) is 23.5 Å². The van der Waals surface area contributed by atoms with Crippen LogP contribution in [0.2, 0.25) is 5.02 Å². The number of rotatable bonds is 3. The maximum absolute atomic E-state index is 13.2. The Labute approximate surface area is 114 Å². The van der Waals surface area contributed by atoms with Gasteiger partial charge in [-0.1, -0.05) is 38.3 Å². The van der Waals surface area contributed by atoms with Crippen LogP contribution in [-0.4, -0.2) is 6.04 Å². The number of halogens is 2. The maximum atomic E-state index is 13.2. The molecule has 3 unspecified atom stereocenters. The molecular formula is C15H21ClFN. The summed E-state index contributed by atoms with van der Waals surface area (Å²) in [5, 5.41) is 4.17. The van der Waals surface area contributed by atoms with Crippen molar-refractivity contribution in [1.29, 1.82) is 0 Å². The fourth-order valence-corrected chi connectivity index (χ4v) is 2.97. The quantitative estimate of drug-likeness (QED) is 0.858. The Morgan fingerprint density at radius 3 is 2.89 bits per heavy atom. The molecule has 0 saturated heterocycles. The van der Waals surface area contributed by atoms with Crippen LogP contribution in [0.3, 0.4) is 0 Å². The topological polar surface area (TPSA) is 12.0 Å². The molecule has 3 heteroatoms. The molecule has 1 fully saturated rings. The summed E-state index contributed by atoms with van der Waals surface area (Å²) in [6.07, 6.45) is 3.80. The van der Waals surface area contributed by atoms with Crippen molar-refractivity contribution in [3.05, 3.63) is 34.6 Å². The smallest absolute Gasteiger partial charge is 0.123 e. The van der Waals surface area contributed by atoms with Gasteiger partial charge in [-0.3, -0.25) is 0 Å². The lowest BCUT2D eigenvalue weighted by Crippen LogP contribution is -2.40. The summed E-state index contributed by atoms with van der Waals surface area (Å²) in [5.41, 5.74) is 0.849. The zero-order chi connectivity index (χ0) is 13.1. The predicted octanol–water partition coefficient (Wildman–Crippen LogP) is 4.39. The third-order valence-corrected chi connectivity index (χ3v) is 4.64. The minimum absolute atomic E-state index is 0.221. The highest BCUT2D eigenvalue weighted by Gasteiger charge is 2.26. The highest BCUT2D eigenvalue weighted by atomic mass is 35.5. The first kappa shape index (κ1) is 13.8. The van der Waals surface area contributed by atoms with Crippen molar-refractivity contribution in [3.63, 3.8) is 0 Å². The van der Waals surface area contributed by atoms with Crippen molar-refractivity contribution >= 4 is 11.6 Å². The van der Waals surface area contributed by atoms with Crippen molar-refractivity contribution in [3.8, 4) is 0 Å². The second-order valence-electron chi connectivity index (χ2n) is 5.49. The summed E-state index contributed by atoms with van der Waals surface area (Å²) in [5.74, 6) is 1.21. The SMILES string of the molecule is CC1CCCC(NCc2cc(F)ccc2Cl)C1C. The molecule has 0 spiro atoms. The van der Waals surface area contributed by atoms with E-state index in [0.717, 1.165) is 11.5 Å². The van der Waals surface area contributed by atoms with Crippen LogP contribution in [-0.2, 0) is 6.54 Å². The number of hydrogen-bond acceptors (Lipinski definition) is 1. The van der Waals surface area contributed by atoms with Crippen LogP contribution in [0.25, 0.3) is 0 Å². The van der Waals surface area contributed by atoms with Crippen molar-refractivity contribution in [2.75, 3.05) is 0 Å². The molecule has 0 amide bonds. The molecule has 3 atom stereocenters. The molecule has 1 aliphatic carbocycles. The van der Waals surface area contributed by atoms with Crippen molar-refractivity contribution < 1.29 is 4.39 Å². The average Bonchev–Trinajstić information content (AvgIpc) is 2.35. The Kier molecular flexibility index (Phi) is 4.63. The first-order valence-corrected chi connectivity index (χ1v) is 7.13. The molecule has 1 nitrogen and oxygen atoms in total. The van der Waals surface area contributed by atoms with Gasteiger partial charge in [0.15, 0.2) is 0 Å². The summed E-state index contributed by atoms with van der Waals surface area (Å²) in [6.45, 7) is 5.26. The second kappa shape index (κ2) is 6.03. The number of hydrogen-bond donors (Lipinski definition) is 1. The first-order chi connectivity index (χ1) is 8.58. The molecule has 0 bridgehead atoms. The number of benzene rings is 1. The van der Waals surface area contributed by atoms with Crippen LogP contribution < -0.4 is 5.32 Å². The molecule has 1 aromatic rings. The van der Waals surface area contributed by atoms with Crippen molar-refractivity contribution in [2.24, 2.45) is 11.8 Å². The summed E-state index contributed by atoms with van der Waals surface area (Å²) >= 11 is 6.07. The lowest BCUT2D eigenvalue weighted by Gasteiger charge is -2.34. The van der Waals surface area contributed by atoms with Gasteiger partial charge in [0.2, 0.25) is 0 Å². The van der Waals surface area contributed by atoms with Crippen molar-refractivity contribution in [2.45, 2.75) is 45.7 Å².